The SMILES string of the molecule is Cc1c(C(=O)NCc2ccc(CS(=O)(=O)NC(C)C)cc2)cnn1-c1ccc(Cl)cc1. The summed E-state index contributed by atoms with van der Waals surface area (Å²) in [5.41, 5.74) is 3.58. The van der Waals surface area contributed by atoms with E-state index in [1.54, 1.807) is 42.8 Å². The molecule has 0 fully saturated rings. The molecule has 0 saturated heterocycles. The van der Waals surface area contributed by atoms with Crippen molar-refractivity contribution >= 4 is 27.5 Å². The lowest BCUT2D eigenvalue weighted by molar-refractivity contribution is 0.0950. The Labute approximate surface area is 187 Å². The first-order chi connectivity index (χ1) is 14.6. The monoisotopic (exact) mass is 460 g/mol. The predicted molar refractivity (Wildman–Crippen MR) is 122 cm³/mol. The van der Waals surface area contributed by atoms with Gasteiger partial charge in [0, 0.05) is 17.6 Å². The summed E-state index contributed by atoms with van der Waals surface area (Å²) in [5, 5.41) is 7.82. The van der Waals surface area contributed by atoms with Crippen molar-refractivity contribution in [3.8, 4) is 5.69 Å². The summed E-state index contributed by atoms with van der Waals surface area (Å²) in [5.74, 6) is -0.313. The van der Waals surface area contributed by atoms with E-state index in [2.05, 4.69) is 15.1 Å². The van der Waals surface area contributed by atoms with Gasteiger partial charge in [-0.25, -0.2) is 17.8 Å². The molecule has 3 aromatic rings. The van der Waals surface area contributed by atoms with Gasteiger partial charge in [0.25, 0.3) is 5.91 Å². The zero-order valence-corrected chi connectivity index (χ0v) is 19.2. The highest BCUT2D eigenvalue weighted by molar-refractivity contribution is 7.88. The van der Waals surface area contributed by atoms with Crippen molar-refractivity contribution in [1.82, 2.24) is 19.8 Å². The lowest BCUT2D eigenvalue weighted by Crippen LogP contribution is -2.31. The van der Waals surface area contributed by atoms with Crippen molar-refractivity contribution in [1.29, 1.82) is 0 Å². The zero-order valence-electron chi connectivity index (χ0n) is 17.6. The standard InChI is InChI=1S/C22H25ClN4O3S/c1-15(2)26-31(29,30)14-18-6-4-17(5-7-18)12-24-22(28)21-13-25-27(16(21)3)20-10-8-19(23)9-11-20/h4-11,13,15,26H,12,14H2,1-3H3,(H,24,28). The highest BCUT2D eigenvalue weighted by atomic mass is 35.5. The van der Waals surface area contributed by atoms with Gasteiger partial charge in [0.15, 0.2) is 0 Å². The molecular weight excluding hydrogens is 436 g/mol. The second-order valence-corrected chi connectivity index (χ2v) is 9.75. The lowest BCUT2D eigenvalue weighted by atomic mass is 10.1. The third-order valence-corrected chi connectivity index (χ3v) is 6.37. The Hall–Kier alpha value is -2.68. The van der Waals surface area contributed by atoms with E-state index in [-0.39, 0.29) is 17.7 Å². The van der Waals surface area contributed by atoms with Crippen LogP contribution in [0, 0.1) is 6.92 Å². The fourth-order valence-electron chi connectivity index (χ4n) is 3.13. The highest BCUT2D eigenvalue weighted by Crippen LogP contribution is 2.17. The van der Waals surface area contributed by atoms with Crippen LogP contribution in [-0.2, 0) is 22.3 Å². The maximum atomic E-state index is 12.6. The third-order valence-electron chi connectivity index (χ3n) is 4.57. The van der Waals surface area contributed by atoms with Crippen LogP contribution in [0.4, 0.5) is 0 Å². The normalized spacial score (nSPS) is 11.6. The van der Waals surface area contributed by atoms with Crippen molar-refractivity contribution < 1.29 is 13.2 Å². The van der Waals surface area contributed by atoms with Crippen LogP contribution in [0.1, 0.15) is 41.0 Å². The van der Waals surface area contributed by atoms with E-state index in [1.807, 2.05) is 31.2 Å². The second kappa shape index (κ2) is 9.64. The molecule has 2 aromatic carbocycles. The first-order valence-corrected chi connectivity index (χ1v) is 11.8. The quantitative estimate of drug-likeness (QED) is 0.537. The van der Waals surface area contributed by atoms with Gasteiger partial charge in [0.05, 0.1) is 28.9 Å². The van der Waals surface area contributed by atoms with Gasteiger partial charge in [-0.3, -0.25) is 4.79 Å². The topological polar surface area (TPSA) is 93.1 Å². The molecule has 0 aliphatic rings. The highest BCUT2D eigenvalue weighted by Gasteiger charge is 2.16. The van der Waals surface area contributed by atoms with Crippen molar-refractivity contribution in [2.75, 3.05) is 0 Å². The van der Waals surface area contributed by atoms with Gasteiger partial charge in [-0.1, -0.05) is 35.9 Å². The van der Waals surface area contributed by atoms with E-state index >= 15 is 0 Å². The molecule has 2 N–H and O–H groups in total. The smallest absolute Gasteiger partial charge is 0.255 e. The number of carbonyl (C=O) groups is 1. The van der Waals surface area contributed by atoms with E-state index in [4.69, 9.17) is 11.6 Å². The molecule has 3 rings (SSSR count). The van der Waals surface area contributed by atoms with Crippen LogP contribution in [0.5, 0.6) is 0 Å². The summed E-state index contributed by atoms with van der Waals surface area (Å²) in [6, 6.07) is 14.2. The van der Waals surface area contributed by atoms with Crippen LogP contribution in [0.3, 0.4) is 0 Å². The van der Waals surface area contributed by atoms with E-state index in [1.165, 1.54) is 6.20 Å². The third kappa shape index (κ3) is 6.16. The van der Waals surface area contributed by atoms with E-state index in [9.17, 15) is 13.2 Å². The largest absolute Gasteiger partial charge is 0.348 e. The molecule has 0 saturated carbocycles. The minimum Gasteiger partial charge on any atom is -0.348 e. The number of rotatable bonds is 8. The average Bonchev–Trinajstić information content (AvgIpc) is 3.08. The Bertz CT molecular complexity index is 1150. The maximum absolute atomic E-state index is 12.6. The first-order valence-electron chi connectivity index (χ1n) is 9.81. The van der Waals surface area contributed by atoms with Gasteiger partial charge in [0.1, 0.15) is 0 Å². The molecule has 0 unspecified atom stereocenters. The number of nitrogens with zero attached hydrogens (tertiary/aromatic N) is 2. The van der Waals surface area contributed by atoms with Gasteiger partial charge in [0.2, 0.25) is 10.0 Å². The number of benzene rings is 2. The molecule has 1 aromatic heterocycles. The number of carbonyl (C=O) groups excluding carboxylic acids is 1. The van der Waals surface area contributed by atoms with Crippen LogP contribution in [0.15, 0.2) is 54.7 Å². The second-order valence-electron chi connectivity index (χ2n) is 7.56. The zero-order chi connectivity index (χ0) is 22.6. The Morgan fingerprint density at radius 1 is 1.06 bits per heavy atom. The van der Waals surface area contributed by atoms with Gasteiger partial charge >= 0.3 is 0 Å². The van der Waals surface area contributed by atoms with Crippen molar-refractivity contribution in [2.45, 2.75) is 39.1 Å². The van der Waals surface area contributed by atoms with Crippen LogP contribution >= 0.6 is 11.6 Å². The number of aromatic nitrogens is 2. The molecule has 0 spiro atoms. The molecule has 0 aliphatic heterocycles. The Morgan fingerprint density at radius 3 is 2.29 bits per heavy atom. The molecule has 1 amide bonds. The van der Waals surface area contributed by atoms with E-state index < -0.39 is 10.0 Å². The van der Waals surface area contributed by atoms with Gasteiger partial charge in [-0.05, 0) is 56.2 Å². The summed E-state index contributed by atoms with van der Waals surface area (Å²) >= 11 is 5.93. The van der Waals surface area contributed by atoms with Crippen molar-refractivity contribution in [2.24, 2.45) is 0 Å². The number of halogens is 1. The molecule has 0 bridgehead atoms. The molecule has 0 radical (unpaired) electrons. The van der Waals surface area contributed by atoms with Gasteiger partial charge in [-0.15, -0.1) is 0 Å². The fraction of sp³-hybridized carbons (Fsp3) is 0.273. The molecule has 1 heterocycles. The van der Waals surface area contributed by atoms with Crippen LogP contribution in [0.25, 0.3) is 5.69 Å². The van der Waals surface area contributed by atoms with Gasteiger partial charge < -0.3 is 5.32 Å². The lowest BCUT2D eigenvalue weighted by Gasteiger charge is -2.10. The minimum atomic E-state index is -3.37. The number of amides is 1. The molecule has 31 heavy (non-hydrogen) atoms. The van der Waals surface area contributed by atoms with Crippen molar-refractivity contribution in [3.63, 3.8) is 0 Å². The summed E-state index contributed by atoms with van der Waals surface area (Å²) in [6.07, 6.45) is 1.54. The summed E-state index contributed by atoms with van der Waals surface area (Å²) in [6.45, 7) is 5.72. The van der Waals surface area contributed by atoms with Gasteiger partial charge in [-0.2, -0.15) is 5.10 Å². The summed E-state index contributed by atoms with van der Waals surface area (Å²) in [7, 11) is -3.37. The van der Waals surface area contributed by atoms with E-state index in [0.717, 1.165) is 16.9 Å². The Morgan fingerprint density at radius 2 is 1.68 bits per heavy atom. The van der Waals surface area contributed by atoms with Crippen LogP contribution in [-0.4, -0.2) is 30.1 Å². The summed E-state index contributed by atoms with van der Waals surface area (Å²) < 4.78 is 28.3. The molecular formula is C22H25ClN4O3S. The van der Waals surface area contributed by atoms with Crippen LogP contribution < -0.4 is 10.0 Å². The maximum Gasteiger partial charge on any atom is 0.255 e. The molecule has 0 aliphatic carbocycles. The minimum absolute atomic E-state index is 0.0824. The molecule has 164 valence electrons. The molecule has 0 atom stereocenters. The number of hydrogen-bond acceptors (Lipinski definition) is 4. The predicted octanol–water partition coefficient (Wildman–Crippen LogP) is 3.59. The number of nitrogens with one attached hydrogen (secondary N) is 2. The molecule has 7 nitrogen and oxygen atoms in total. The molecule has 9 heteroatoms. The Balaban J connectivity index is 1.62. The summed E-state index contributed by atoms with van der Waals surface area (Å²) in [4.78, 5) is 12.6. The van der Waals surface area contributed by atoms with Crippen molar-refractivity contribution in [3.05, 3.63) is 82.1 Å². The average molecular weight is 461 g/mol. The first kappa shape index (κ1) is 23.0. The number of sulfonamides is 1. The van der Waals surface area contributed by atoms with E-state index in [0.29, 0.717) is 22.7 Å². The fourth-order valence-corrected chi connectivity index (χ4v) is 4.69. The number of hydrogen-bond donors (Lipinski definition) is 2. The Kier molecular flexibility index (Phi) is 7.15. The van der Waals surface area contributed by atoms with Crippen LogP contribution in [0.2, 0.25) is 5.02 Å².